The number of amides is 2. The number of hydrogen-bond acceptors (Lipinski definition) is 2. The molecule has 3 rings (SSSR count). The molecule has 0 N–H and O–H groups in total. The number of hydrogen-bond donors (Lipinski definition) is 0. The Morgan fingerprint density at radius 2 is 1.92 bits per heavy atom. The van der Waals surface area contributed by atoms with Gasteiger partial charge in [-0.05, 0) is 31.7 Å². The van der Waals surface area contributed by atoms with Crippen molar-refractivity contribution in [1.29, 1.82) is 0 Å². The van der Waals surface area contributed by atoms with Crippen molar-refractivity contribution in [3.8, 4) is 0 Å². The van der Waals surface area contributed by atoms with Crippen molar-refractivity contribution in [2.24, 2.45) is 11.3 Å². The Kier molecular flexibility index (Phi) is 4.66. The summed E-state index contributed by atoms with van der Waals surface area (Å²) in [5.74, 6) is 0.517. The normalized spacial score (nSPS) is 26.1. The number of rotatable bonds is 3. The molecule has 0 bridgehead atoms. The molecule has 2 atom stereocenters. The summed E-state index contributed by atoms with van der Waals surface area (Å²) in [6.07, 6.45) is 4.58. The van der Waals surface area contributed by atoms with Crippen molar-refractivity contribution in [1.82, 2.24) is 9.80 Å². The summed E-state index contributed by atoms with van der Waals surface area (Å²) in [5.41, 5.74) is 2.30. The van der Waals surface area contributed by atoms with Crippen molar-refractivity contribution in [2.75, 3.05) is 27.2 Å². The summed E-state index contributed by atoms with van der Waals surface area (Å²) >= 11 is 0. The Balaban J connectivity index is 1.66. The number of benzene rings is 1. The van der Waals surface area contributed by atoms with Crippen LogP contribution in [0.5, 0.6) is 0 Å². The Morgan fingerprint density at radius 1 is 1.21 bits per heavy atom. The molecule has 1 saturated heterocycles. The number of carbonyl (C=O) groups is 2. The van der Waals surface area contributed by atoms with Crippen LogP contribution in [-0.4, -0.2) is 48.8 Å². The van der Waals surface area contributed by atoms with Crippen LogP contribution < -0.4 is 0 Å². The predicted molar refractivity (Wildman–Crippen MR) is 94.5 cm³/mol. The molecule has 1 aromatic carbocycles. The van der Waals surface area contributed by atoms with Crippen LogP contribution in [0.15, 0.2) is 24.3 Å². The van der Waals surface area contributed by atoms with Crippen LogP contribution in [0.2, 0.25) is 0 Å². The fourth-order valence-electron chi connectivity index (χ4n) is 4.43. The van der Waals surface area contributed by atoms with Crippen molar-refractivity contribution in [3.63, 3.8) is 0 Å². The maximum absolute atomic E-state index is 12.7. The lowest BCUT2D eigenvalue weighted by atomic mass is 9.76. The maximum Gasteiger partial charge on any atom is 0.227 e. The van der Waals surface area contributed by atoms with Crippen molar-refractivity contribution in [3.05, 3.63) is 35.4 Å². The van der Waals surface area contributed by atoms with Gasteiger partial charge in [0.2, 0.25) is 11.8 Å². The first kappa shape index (κ1) is 17.0. The first-order chi connectivity index (χ1) is 11.4. The molecule has 0 radical (unpaired) electrons. The highest BCUT2D eigenvalue weighted by molar-refractivity contribution is 5.81. The van der Waals surface area contributed by atoms with Gasteiger partial charge in [0.05, 0.1) is 6.42 Å². The summed E-state index contributed by atoms with van der Waals surface area (Å²) in [7, 11) is 3.67. The number of carbonyl (C=O) groups excluding carboxylic acids is 2. The summed E-state index contributed by atoms with van der Waals surface area (Å²) in [5, 5.41) is 0. The predicted octanol–water partition coefficient (Wildman–Crippen LogP) is 2.64. The highest BCUT2D eigenvalue weighted by atomic mass is 16.2. The van der Waals surface area contributed by atoms with E-state index in [2.05, 4.69) is 19.1 Å². The van der Waals surface area contributed by atoms with E-state index in [1.54, 1.807) is 4.90 Å². The van der Waals surface area contributed by atoms with Crippen LogP contribution in [0.4, 0.5) is 0 Å². The van der Waals surface area contributed by atoms with E-state index in [-0.39, 0.29) is 23.1 Å². The Bertz CT molecular complexity index is 623. The van der Waals surface area contributed by atoms with Crippen LogP contribution in [0, 0.1) is 18.3 Å². The zero-order valence-electron chi connectivity index (χ0n) is 15.0. The van der Waals surface area contributed by atoms with Gasteiger partial charge in [0.25, 0.3) is 0 Å². The average molecular weight is 328 g/mol. The molecule has 0 aromatic heterocycles. The van der Waals surface area contributed by atoms with E-state index in [0.717, 1.165) is 44.3 Å². The molecule has 1 heterocycles. The lowest BCUT2D eigenvalue weighted by Crippen LogP contribution is -2.41. The molecule has 130 valence electrons. The van der Waals surface area contributed by atoms with E-state index in [1.807, 2.05) is 31.1 Å². The Labute approximate surface area is 144 Å². The van der Waals surface area contributed by atoms with Crippen molar-refractivity contribution in [2.45, 2.75) is 39.0 Å². The van der Waals surface area contributed by atoms with E-state index in [0.29, 0.717) is 6.42 Å². The largest absolute Gasteiger partial charge is 0.349 e. The third kappa shape index (κ3) is 3.19. The highest BCUT2D eigenvalue weighted by Crippen LogP contribution is 2.50. The van der Waals surface area contributed by atoms with Crippen LogP contribution >= 0.6 is 0 Å². The maximum atomic E-state index is 12.7. The minimum Gasteiger partial charge on any atom is -0.349 e. The summed E-state index contributed by atoms with van der Waals surface area (Å²) in [6, 6.07) is 8.17. The smallest absolute Gasteiger partial charge is 0.227 e. The molecule has 2 fully saturated rings. The monoisotopic (exact) mass is 328 g/mol. The second kappa shape index (κ2) is 6.58. The number of nitrogens with zero attached hydrogens (tertiary/aromatic N) is 2. The van der Waals surface area contributed by atoms with E-state index in [1.165, 1.54) is 5.56 Å². The van der Waals surface area contributed by atoms with Gasteiger partial charge in [-0.3, -0.25) is 9.59 Å². The fraction of sp³-hybridized carbons (Fsp3) is 0.600. The van der Waals surface area contributed by atoms with Gasteiger partial charge < -0.3 is 9.80 Å². The number of aryl methyl sites for hydroxylation is 1. The van der Waals surface area contributed by atoms with Gasteiger partial charge in [-0.25, -0.2) is 0 Å². The molecule has 1 aliphatic heterocycles. The minimum atomic E-state index is 0.0181. The van der Waals surface area contributed by atoms with Crippen LogP contribution in [0.1, 0.15) is 36.8 Å². The number of likely N-dealkylation sites (tertiary alicyclic amines) is 1. The first-order valence-electron chi connectivity index (χ1n) is 8.96. The molecule has 1 aliphatic carbocycles. The van der Waals surface area contributed by atoms with Crippen molar-refractivity contribution < 1.29 is 9.59 Å². The summed E-state index contributed by atoms with van der Waals surface area (Å²) < 4.78 is 0. The quantitative estimate of drug-likeness (QED) is 0.856. The zero-order valence-corrected chi connectivity index (χ0v) is 15.0. The molecule has 0 unspecified atom stereocenters. The lowest BCUT2D eigenvalue weighted by Gasteiger charge is -2.32. The first-order valence-corrected chi connectivity index (χ1v) is 8.96. The molecule has 2 aliphatic rings. The zero-order chi connectivity index (χ0) is 17.3. The van der Waals surface area contributed by atoms with Gasteiger partial charge in [0.1, 0.15) is 0 Å². The van der Waals surface area contributed by atoms with Crippen LogP contribution in [0.25, 0.3) is 0 Å². The van der Waals surface area contributed by atoms with Gasteiger partial charge in [0.15, 0.2) is 0 Å². The second-order valence-corrected chi connectivity index (χ2v) is 7.77. The third-order valence-corrected chi connectivity index (χ3v) is 5.86. The topological polar surface area (TPSA) is 40.6 Å². The Morgan fingerprint density at radius 3 is 2.58 bits per heavy atom. The summed E-state index contributed by atoms with van der Waals surface area (Å²) in [4.78, 5) is 28.9. The third-order valence-electron chi connectivity index (χ3n) is 5.86. The second-order valence-electron chi connectivity index (χ2n) is 7.77. The minimum absolute atomic E-state index is 0.0181. The molecule has 4 heteroatoms. The van der Waals surface area contributed by atoms with Gasteiger partial charge in [-0.15, -0.1) is 0 Å². The fourth-order valence-corrected chi connectivity index (χ4v) is 4.43. The van der Waals surface area contributed by atoms with E-state index >= 15 is 0 Å². The van der Waals surface area contributed by atoms with E-state index in [9.17, 15) is 9.59 Å². The molecule has 1 spiro atoms. The Hall–Kier alpha value is -1.84. The molecule has 1 aromatic rings. The van der Waals surface area contributed by atoms with Gasteiger partial charge in [0, 0.05) is 38.5 Å². The molecule has 4 nitrogen and oxygen atoms in total. The van der Waals surface area contributed by atoms with Gasteiger partial charge >= 0.3 is 0 Å². The van der Waals surface area contributed by atoms with Crippen LogP contribution in [0.3, 0.4) is 0 Å². The van der Waals surface area contributed by atoms with Crippen molar-refractivity contribution >= 4 is 11.8 Å². The summed E-state index contributed by atoms with van der Waals surface area (Å²) in [6.45, 7) is 3.60. The standard InChI is InChI=1S/C20H28N2O2/c1-15-6-8-16(9-7-15)13-18(23)22-12-11-20(14-22)10-4-5-17(20)19(24)21(2)3/h6-9,17H,4-5,10-14H2,1-3H3/t17-,20-/m1/s1. The van der Waals surface area contributed by atoms with Gasteiger partial charge in [-0.2, -0.15) is 0 Å². The molecule has 2 amide bonds. The SMILES string of the molecule is Cc1ccc(CC(=O)N2CC[C@]3(CCC[C@@H]3C(=O)N(C)C)C2)cc1. The van der Waals surface area contributed by atoms with Gasteiger partial charge in [-0.1, -0.05) is 36.2 Å². The lowest BCUT2D eigenvalue weighted by molar-refractivity contribution is -0.137. The molecule has 24 heavy (non-hydrogen) atoms. The van der Waals surface area contributed by atoms with E-state index < -0.39 is 0 Å². The average Bonchev–Trinajstić information content (AvgIpc) is 3.16. The molecule has 1 saturated carbocycles. The molecular formula is C20H28N2O2. The highest BCUT2D eigenvalue weighted by Gasteiger charge is 2.51. The molecular weight excluding hydrogens is 300 g/mol. The van der Waals surface area contributed by atoms with Crippen LogP contribution in [-0.2, 0) is 16.0 Å². The van der Waals surface area contributed by atoms with E-state index in [4.69, 9.17) is 0 Å².